The van der Waals surface area contributed by atoms with Gasteiger partial charge in [-0.2, -0.15) is 0 Å². The van der Waals surface area contributed by atoms with Crippen LogP contribution >= 0.6 is 23.4 Å². The maximum atomic E-state index is 13.6. The monoisotopic (exact) mass is 317 g/mol. The Kier molecular flexibility index (Phi) is 4.15. The minimum Gasteiger partial charge on any atom is -0.258 e. The molecule has 0 N–H and O–H groups in total. The molecule has 1 aromatic carbocycles. The molecule has 0 saturated carbocycles. The maximum absolute atomic E-state index is 13.6. The van der Waals surface area contributed by atoms with Crippen LogP contribution in [0.3, 0.4) is 0 Å². The second-order valence-corrected chi connectivity index (χ2v) is 5.03. The Morgan fingerprint density at radius 1 is 1.35 bits per heavy atom. The summed E-state index contributed by atoms with van der Waals surface area (Å²) in [6.07, 6.45) is 0. The van der Waals surface area contributed by atoms with Gasteiger partial charge in [-0.1, -0.05) is 11.8 Å². The van der Waals surface area contributed by atoms with Crippen LogP contribution in [0.15, 0.2) is 28.1 Å². The van der Waals surface area contributed by atoms with Gasteiger partial charge in [0.05, 0.1) is 9.82 Å². The Balaban J connectivity index is 2.53. The Bertz CT molecular complexity index is 700. The van der Waals surface area contributed by atoms with Crippen LogP contribution in [0, 0.1) is 28.7 Å². The van der Waals surface area contributed by atoms with Crippen LogP contribution in [0.5, 0.6) is 0 Å². The predicted molar refractivity (Wildman–Crippen MR) is 68.9 cm³/mol. The van der Waals surface area contributed by atoms with Crippen molar-refractivity contribution in [2.45, 2.75) is 16.8 Å². The van der Waals surface area contributed by atoms with Gasteiger partial charge >= 0.3 is 5.69 Å². The molecule has 2 aromatic rings. The first-order valence-electron chi connectivity index (χ1n) is 5.20. The summed E-state index contributed by atoms with van der Waals surface area (Å²) in [4.78, 5) is 17.6. The molecule has 5 nitrogen and oxygen atoms in total. The van der Waals surface area contributed by atoms with Crippen molar-refractivity contribution in [2.24, 2.45) is 0 Å². The van der Waals surface area contributed by atoms with Crippen LogP contribution in [-0.2, 0) is 0 Å². The van der Waals surface area contributed by atoms with Gasteiger partial charge in [0.25, 0.3) is 0 Å². The Morgan fingerprint density at radius 3 is 2.70 bits per heavy atom. The number of aryl methyl sites for hydroxylation is 1. The van der Waals surface area contributed by atoms with Gasteiger partial charge in [0.15, 0.2) is 5.03 Å². The summed E-state index contributed by atoms with van der Waals surface area (Å²) < 4.78 is 26.7. The molecular weight excluding hydrogens is 312 g/mol. The molecule has 0 atom stereocenters. The number of halogens is 3. The summed E-state index contributed by atoms with van der Waals surface area (Å²) in [5, 5.41) is 10.7. The number of nitrogens with zero attached hydrogens (tertiary/aromatic N) is 3. The molecule has 9 heteroatoms. The zero-order valence-electron chi connectivity index (χ0n) is 9.93. The normalized spacial score (nSPS) is 10.6. The number of nitro groups is 1. The fourth-order valence-electron chi connectivity index (χ4n) is 1.45. The zero-order valence-corrected chi connectivity index (χ0v) is 11.5. The standard InChI is InChI=1S/C11H6ClF2N3O2S/c1-5-9(17(18)19)10(16-11(12)15-5)20-8-4-6(13)2-3-7(8)14/h2-4H,1H3. The molecule has 2 rings (SSSR count). The van der Waals surface area contributed by atoms with E-state index >= 15 is 0 Å². The van der Waals surface area contributed by atoms with Crippen molar-refractivity contribution in [1.82, 2.24) is 9.97 Å². The summed E-state index contributed by atoms with van der Waals surface area (Å²) in [6.45, 7) is 1.39. The smallest absolute Gasteiger partial charge is 0.258 e. The highest BCUT2D eigenvalue weighted by Crippen LogP contribution is 2.36. The maximum Gasteiger partial charge on any atom is 0.322 e. The third-order valence-electron chi connectivity index (χ3n) is 2.28. The lowest BCUT2D eigenvalue weighted by atomic mass is 10.3. The summed E-state index contributed by atoms with van der Waals surface area (Å²) >= 11 is 6.26. The van der Waals surface area contributed by atoms with Crippen molar-refractivity contribution in [3.63, 3.8) is 0 Å². The molecule has 0 fully saturated rings. The number of benzene rings is 1. The summed E-state index contributed by atoms with van der Waals surface area (Å²) in [5.41, 5.74) is -0.336. The minimum absolute atomic E-state index is 0.0503. The first-order chi connectivity index (χ1) is 9.38. The van der Waals surface area contributed by atoms with E-state index in [1.54, 1.807) is 0 Å². The fourth-order valence-corrected chi connectivity index (χ4v) is 2.71. The molecule has 0 unspecified atom stereocenters. The second kappa shape index (κ2) is 5.68. The third-order valence-corrected chi connectivity index (χ3v) is 3.46. The first kappa shape index (κ1) is 14.6. The van der Waals surface area contributed by atoms with Crippen LogP contribution < -0.4 is 0 Å². The van der Waals surface area contributed by atoms with Crippen LogP contribution in [0.4, 0.5) is 14.5 Å². The van der Waals surface area contributed by atoms with E-state index in [0.29, 0.717) is 11.8 Å². The van der Waals surface area contributed by atoms with Crippen molar-refractivity contribution in [1.29, 1.82) is 0 Å². The number of aromatic nitrogens is 2. The first-order valence-corrected chi connectivity index (χ1v) is 6.39. The lowest BCUT2D eigenvalue weighted by Gasteiger charge is -2.05. The van der Waals surface area contributed by atoms with Crippen LogP contribution in [0.2, 0.25) is 5.28 Å². The van der Waals surface area contributed by atoms with E-state index in [1.165, 1.54) is 6.92 Å². The topological polar surface area (TPSA) is 68.9 Å². The van der Waals surface area contributed by atoms with Gasteiger partial charge < -0.3 is 0 Å². The van der Waals surface area contributed by atoms with Crippen molar-refractivity contribution < 1.29 is 13.7 Å². The van der Waals surface area contributed by atoms with Crippen LogP contribution in [0.1, 0.15) is 5.69 Å². The van der Waals surface area contributed by atoms with Crippen molar-refractivity contribution >= 4 is 29.1 Å². The molecule has 20 heavy (non-hydrogen) atoms. The second-order valence-electron chi connectivity index (χ2n) is 3.67. The van der Waals surface area contributed by atoms with Crippen LogP contribution in [0.25, 0.3) is 0 Å². The average molecular weight is 318 g/mol. The highest BCUT2D eigenvalue weighted by atomic mass is 35.5. The molecule has 1 heterocycles. The van der Waals surface area contributed by atoms with E-state index in [9.17, 15) is 18.9 Å². The molecule has 104 valence electrons. The lowest BCUT2D eigenvalue weighted by Crippen LogP contribution is -2.00. The SMILES string of the molecule is Cc1nc(Cl)nc(Sc2cc(F)ccc2F)c1[N+](=O)[O-]. The van der Waals surface area contributed by atoms with Gasteiger partial charge in [0.2, 0.25) is 5.28 Å². The average Bonchev–Trinajstić information content (AvgIpc) is 2.32. The molecule has 0 bridgehead atoms. The third kappa shape index (κ3) is 3.02. The Labute approximate surface area is 121 Å². The van der Waals surface area contributed by atoms with Gasteiger partial charge in [0, 0.05) is 0 Å². The quantitative estimate of drug-likeness (QED) is 0.373. The Hall–Kier alpha value is -1.80. The van der Waals surface area contributed by atoms with E-state index in [0.717, 1.165) is 18.2 Å². The molecule has 0 aliphatic rings. The van der Waals surface area contributed by atoms with Gasteiger partial charge in [-0.25, -0.2) is 18.7 Å². The minimum atomic E-state index is -0.710. The summed E-state index contributed by atoms with van der Waals surface area (Å²) in [6, 6.07) is 2.81. The van der Waals surface area contributed by atoms with E-state index in [2.05, 4.69) is 9.97 Å². The largest absolute Gasteiger partial charge is 0.322 e. The van der Waals surface area contributed by atoms with Gasteiger partial charge in [-0.05, 0) is 36.7 Å². The molecule has 0 saturated heterocycles. The summed E-state index contributed by atoms with van der Waals surface area (Å²) in [5.74, 6) is -1.37. The van der Waals surface area contributed by atoms with Crippen molar-refractivity contribution in [3.05, 3.63) is 50.9 Å². The lowest BCUT2D eigenvalue weighted by molar-refractivity contribution is -0.389. The van der Waals surface area contributed by atoms with E-state index in [4.69, 9.17) is 11.6 Å². The number of hydrogen-bond acceptors (Lipinski definition) is 5. The highest BCUT2D eigenvalue weighted by molar-refractivity contribution is 7.99. The van der Waals surface area contributed by atoms with E-state index in [-0.39, 0.29) is 26.6 Å². The molecule has 0 radical (unpaired) electrons. The van der Waals surface area contributed by atoms with Gasteiger partial charge in [0.1, 0.15) is 17.3 Å². The van der Waals surface area contributed by atoms with Crippen molar-refractivity contribution in [2.75, 3.05) is 0 Å². The molecular formula is C11H6ClF2N3O2S. The fraction of sp³-hybridized carbons (Fsp3) is 0.0909. The number of rotatable bonds is 3. The predicted octanol–water partition coefficient (Wildman–Crippen LogP) is 3.78. The highest BCUT2D eigenvalue weighted by Gasteiger charge is 2.23. The van der Waals surface area contributed by atoms with Crippen molar-refractivity contribution in [3.8, 4) is 0 Å². The number of hydrogen-bond donors (Lipinski definition) is 0. The molecule has 0 spiro atoms. The zero-order chi connectivity index (χ0) is 14.9. The molecule has 0 amide bonds. The molecule has 0 aliphatic heterocycles. The van der Waals surface area contributed by atoms with Crippen LogP contribution in [-0.4, -0.2) is 14.9 Å². The van der Waals surface area contributed by atoms with Gasteiger partial charge in [-0.3, -0.25) is 10.1 Å². The van der Waals surface area contributed by atoms with E-state index < -0.39 is 16.6 Å². The van der Waals surface area contributed by atoms with E-state index in [1.807, 2.05) is 0 Å². The van der Waals surface area contributed by atoms with Gasteiger partial charge in [-0.15, -0.1) is 0 Å². The molecule has 1 aromatic heterocycles. The Morgan fingerprint density at radius 2 is 2.05 bits per heavy atom. The summed E-state index contributed by atoms with van der Waals surface area (Å²) in [7, 11) is 0. The molecule has 0 aliphatic carbocycles.